The van der Waals surface area contributed by atoms with Gasteiger partial charge in [0.15, 0.2) is 0 Å². The number of aromatic nitrogens is 2. The summed E-state index contributed by atoms with van der Waals surface area (Å²) in [5.74, 6) is -0.244. The maximum Gasteiger partial charge on any atom is 0.318 e. The highest BCUT2D eigenvalue weighted by molar-refractivity contribution is 6.35. The van der Waals surface area contributed by atoms with Crippen LogP contribution in [0.4, 0.5) is 9.18 Å². The highest BCUT2D eigenvalue weighted by Gasteiger charge is 2.19. The molecule has 3 rings (SSSR count). The summed E-state index contributed by atoms with van der Waals surface area (Å²) in [6.45, 7) is 3.98. The smallest absolute Gasteiger partial charge is 0.318 e. The molecular formula is C20H19Cl2FN4O2. The number of carbonyl (C=O) groups is 1. The minimum atomic E-state index is -0.613. The third kappa shape index (κ3) is 4.68. The molecule has 0 radical (unpaired) electrons. The van der Waals surface area contributed by atoms with Gasteiger partial charge in [0.25, 0.3) is 5.56 Å². The van der Waals surface area contributed by atoms with Crippen LogP contribution in [0.5, 0.6) is 0 Å². The second-order valence-electron chi connectivity index (χ2n) is 6.50. The van der Waals surface area contributed by atoms with E-state index in [9.17, 15) is 14.0 Å². The number of halogens is 3. The molecule has 0 aliphatic rings. The second-order valence-corrected chi connectivity index (χ2v) is 7.32. The first-order valence-electron chi connectivity index (χ1n) is 8.98. The second kappa shape index (κ2) is 8.80. The molecule has 0 saturated carbocycles. The fourth-order valence-electron chi connectivity index (χ4n) is 2.94. The highest BCUT2D eigenvalue weighted by Crippen LogP contribution is 2.28. The van der Waals surface area contributed by atoms with Crippen LogP contribution in [0.25, 0.3) is 10.9 Å². The monoisotopic (exact) mass is 436 g/mol. The molecule has 2 N–H and O–H groups in total. The van der Waals surface area contributed by atoms with Crippen molar-refractivity contribution in [2.24, 2.45) is 0 Å². The third-order valence-electron chi connectivity index (χ3n) is 4.52. The van der Waals surface area contributed by atoms with Gasteiger partial charge in [0.2, 0.25) is 0 Å². The zero-order valence-corrected chi connectivity index (χ0v) is 17.3. The SMILES string of the molecule is CCN(Cc1nc2ccccc2c(=O)[nH]1)C(=O)NC(C)c1cc(F)c(Cl)cc1Cl. The number of H-pyrrole nitrogens is 1. The van der Waals surface area contributed by atoms with E-state index in [1.54, 1.807) is 38.1 Å². The quantitative estimate of drug-likeness (QED) is 0.570. The van der Waals surface area contributed by atoms with Gasteiger partial charge < -0.3 is 15.2 Å². The van der Waals surface area contributed by atoms with Crippen molar-refractivity contribution in [3.63, 3.8) is 0 Å². The average molecular weight is 437 g/mol. The Balaban J connectivity index is 1.77. The first kappa shape index (κ1) is 21.1. The van der Waals surface area contributed by atoms with Crippen molar-refractivity contribution in [3.05, 3.63) is 74.0 Å². The molecule has 1 aromatic heterocycles. The lowest BCUT2D eigenvalue weighted by Crippen LogP contribution is -2.41. The molecule has 9 heteroatoms. The Morgan fingerprint density at radius 3 is 2.72 bits per heavy atom. The van der Waals surface area contributed by atoms with Gasteiger partial charge in [0.1, 0.15) is 11.6 Å². The van der Waals surface area contributed by atoms with E-state index in [-0.39, 0.29) is 22.1 Å². The summed E-state index contributed by atoms with van der Waals surface area (Å²) in [6, 6.07) is 8.53. The molecule has 1 heterocycles. The number of nitrogens with one attached hydrogen (secondary N) is 2. The number of amides is 2. The molecule has 152 valence electrons. The van der Waals surface area contributed by atoms with E-state index >= 15 is 0 Å². The molecule has 0 saturated heterocycles. The van der Waals surface area contributed by atoms with E-state index in [1.807, 2.05) is 0 Å². The van der Waals surface area contributed by atoms with Crippen molar-refractivity contribution in [1.82, 2.24) is 20.2 Å². The number of hydrogen-bond acceptors (Lipinski definition) is 3. The predicted octanol–water partition coefficient (Wildman–Crippen LogP) is 4.66. The molecule has 2 aromatic carbocycles. The van der Waals surface area contributed by atoms with Gasteiger partial charge in [-0.05, 0) is 43.7 Å². The van der Waals surface area contributed by atoms with E-state index in [0.29, 0.717) is 28.8 Å². The fraction of sp³-hybridized carbons (Fsp3) is 0.250. The van der Waals surface area contributed by atoms with Crippen molar-refractivity contribution >= 4 is 40.1 Å². The van der Waals surface area contributed by atoms with Gasteiger partial charge in [-0.2, -0.15) is 0 Å². The van der Waals surface area contributed by atoms with Crippen LogP contribution in [-0.2, 0) is 6.54 Å². The third-order valence-corrected chi connectivity index (χ3v) is 5.13. The molecule has 3 aromatic rings. The van der Waals surface area contributed by atoms with Gasteiger partial charge in [0, 0.05) is 11.6 Å². The van der Waals surface area contributed by atoms with Crippen LogP contribution in [-0.4, -0.2) is 27.4 Å². The summed E-state index contributed by atoms with van der Waals surface area (Å²) in [5, 5.41) is 3.44. The van der Waals surface area contributed by atoms with Crippen molar-refractivity contribution < 1.29 is 9.18 Å². The highest BCUT2D eigenvalue weighted by atomic mass is 35.5. The Morgan fingerprint density at radius 2 is 2.00 bits per heavy atom. The Morgan fingerprint density at radius 1 is 1.28 bits per heavy atom. The molecule has 1 atom stereocenters. The van der Waals surface area contributed by atoms with Crippen LogP contribution < -0.4 is 10.9 Å². The molecule has 2 amide bonds. The number of hydrogen-bond donors (Lipinski definition) is 2. The van der Waals surface area contributed by atoms with Crippen LogP contribution in [0.2, 0.25) is 10.0 Å². The summed E-state index contributed by atoms with van der Waals surface area (Å²) in [5.41, 5.74) is 0.702. The number of nitrogens with zero attached hydrogens (tertiary/aromatic N) is 2. The Labute approximate surface area is 176 Å². The molecular weight excluding hydrogens is 418 g/mol. The van der Waals surface area contributed by atoms with Gasteiger partial charge in [-0.1, -0.05) is 35.3 Å². The molecule has 0 bridgehead atoms. The Bertz CT molecular complexity index is 1120. The van der Waals surface area contributed by atoms with Crippen molar-refractivity contribution in [2.45, 2.75) is 26.4 Å². The van der Waals surface area contributed by atoms with Gasteiger partial charge in [-0.25, -0.2) is 14.2 Å². The minimum Gasteiger partial charge on any atom is -0.331 e. The Hall–Kier alpha value is -2.64. The Kier molecular flexibility index (Phi) is 6.39. The molecule has 0 aliphatic carbocycles. The summed E-state index contributed by atoms with van der Waals surface area (Å²) in [7, 11) is 0. The van der Waals surface area contributed by atoms with Crippen LogP contribution in [0.15, 0.2) is 41.2 Å². The number of rotatable bonds is 5. The predicted molar refractivity (Wildman–Crippen MR) is 112 cm³/mol. The summed E-state index contributed by atoms with van der Waals surface area (Å²) in [6.07, 6.45) is 0. The normalized spacial score (nSPS) is 12.0. The molecule has 0 aliphatic heterocycles. The van der Waals surface area contributed by atoms with Crippen LogP contribution in [0.1, 0.15) is 31.3 Å². The van der Waals surface area contributed by atoms with Gasteiger partial charge >= 0.3 is 6.03 Å². The fourth-order valence-corrected chi connectivity index (χ4v) is 3.49. The van der Waals surface area contributed by atoms with Crippen molar-refractivity contribution in [1.29, 1.82) is 0 Å². The topological polar surface area (TPSA) is 78.1 Å². The molecule has 0 fully saturated rings. The van der Waals surface area contributed by atoms with Gasteiger partial charge in [-0.3, -0.25) is 4.79 Å². The number of fused-ring (bicyclic) bond motifs is 1. The lowest BCUT2D eigenvalue weighted by atomic mass is 10.1. The van der Waals surface area contributed by atoms with Crippen LogP contribution in [0.3, 0.4) is 0 Å². The molecule has 1 unspecified atom stereocenters. The zero-order valence-electron chi connectivity index (χ0n) is 15.8. The maximum atomic E-state index is 13.8. The molecule has 29 heavy (non-hydrogen) atoms. The minimum absolute atomic E-state index is 0.0844. The average Bonchev–Trinajstić information content (AvgIpc) is 2.68. The number of benzene rings is 2. The lowest BCUT2D eigenvalue weighted by Gasteiger charge is -2.24. The van der Waals surface area contributed by atoms with E-state index in [1.165, 1.54) is 17.0 Å². The van der Waals surface area contributed by atoms with Crippen molar-refractivity contribution in [2.75, 3.05) is 6.54 Å². The summed E-state index contributed by atoms with van der Waals surface area (Å²) >= 11 is 11.9. The van der Waals surface area contributed by atoms with E-state index in [2.05, 4.69) is 15.3 Å². The van der Waals surface area contributed by atoms with E-state index in [4.69, 9.17) is 23.2 Å². The number of para-hydroxylation sites is 1. The first-order valence-corrected chi connectivity index (χ1v) is 9.73. The van der Waals surface area contributed by atoms with Crippen molar-refractivity contribution in [3.8, 4) is 0 Å². The van der Waals surface area contributed by atoms with E-state index in [0.717, 1.165) is 0 Å². The van der Waals surface area contributed by atoms with Gasteiger partial charge in [0.05, 0.1) is 28.5 Å². The van der Waals surface area contributed by atoms with Gasteiger partial charge in [-0.15, -0.1) is 0 Å². The van der Waals surface area contributed by atoms with E-state index < -0.39 is 17.9 Å². The summed E-state index contributed by atoms with van der Waals surface area (Å²) < 4.78 is 13.8. The summed E-state index contributed by atoms with van der Waals surface area (Å²) in [4.78, 5) is 33.5. The molecule has 0 spiro atoms. The lowest BCUT2D eigenvalue weighted by molar-refractivity contribution is 0.193. The molecule has 6 nitrogen and oxygen atoms in total. The standard InChI is InChI=1S/C20H19Cl2FN4O2/c1-3-27(10-18-25-17-7-5-4-6-12(17)19(28)26-18)20(29)24-11(2)13-8-16(23)15(22)9-14(13)21/h4-9,11H,3,10H2,1-2H3,(H,24,29)(H,25,26,28). The number of aromatic amines is 1. The maximum absolute atomic E-state index is 13.8. The van der Waals surface area contributed by atoms with Crippen LogP contribution in [0, 0.1) is 5.82 Å². The largest absolute Gasteiger partial charge is 0.331 e. The number of urea groups is 1. The zero-order chi connectivity index (χ0) is 21.1. The first-order chi connectivity index (χ1) is 13.8. The number of carbonyl (C=O) groups excluding carboxylic acids is 1. The van der Waals surface area contributed by atoms with Crippen LogP contribution >= 0.6 is 23.2 Å².